The molecule has 2 heterocycles. The quantitative estimate of drug-likeness (QED) is 0.0390. The van der Waals surface area contributed by atoms with E-state index in [0.29, 0.717) is 44.6 Å². The molecule has 23 heteroatoms. The molecule has 2 aliphatic rings. The molecule has 4 aromatic rings. The first-order chi connectivity index (χ1) is 33.1. The first-order valence-corrected chi connectivity index (χ1v) is 24.1. The number of benzene rings is 4. The summed E-state index contributed by atoms with van der Waals surface area (Å²) >= 11 is 0. The van der Waals surface area contributed by atoms with Gasteiger partial charge in [-0.25, -0.2) is 18.4 Å². The van der Waals surface area contributed by atoms with Crippen molar-refractivity contribution in [1.29, 1.82) is 0 Å². The Morgan fingerprint density at radius 2 is 1.10 bits per heavy atom. The van der Waals surface area contributed by atoms with Crippen LogP contribution in [-0.4, -0.2) is 164 Å². The molecule has 0 bridgehead atoms. The van der Waals surface area contributed by atoms with Gasteiger partial charge < -0.3 is 51.3 Å². The molecule has 2 saturated heterocycles. The van der Waals surface area contributed by atoms with Crippen molar-refractivity contribution in [3.05, 3.63) is 131 Å². The van der Waals surface area contributed by atoms with Crippen molar-refractivity contribution in [2.45, 2.75) is 26.1 Å². The number of phenols is 1. The van der Waals surface area contributed by atoms with Crippen LogP contribution >= 0.6 is 0 Å². The molecule has 0 aliphatic carbocycles. The molecular weight excluding hydrogens is 1190 g/mol. The van der Waals surface area contributed by atoms with Gasteiger partial charge >= 0.3 is 150 Å². The van der Waals surface area contributed by atoms with Crippen LogP contribution in [-0.2, 0) is 59.5 Å². The molecule has 0 spiro atoms. The van der Waals surface area contributed by atoms with Crippen molar-refractivity contribution in [3.8, 4) is 11.5 Å². The number of likely N-dealkylation sites (N-methyl/N-ethyl adjacent to an activating group) is 2. The molecule has 71 heavy (non-hydrogen) atoms. The van der Waals surface area contributed by atoms with Crippen LogP contribution < -0.4 is 158 Å². The summed E-state index contributed by atoms with van der Waals surface area (Å²) in [5.74, 6) is -1.16. The summed E-state index contributed by atoms with van der Waals surface area (Å²) in [6, 6.07) is 27.9. The average Bonchev–Trinajstić information content (AvgIpc) is 3.34. The zero-order valence-corrected chi connectivity index (χ0v) is 54.8. The van der Waals surface area contributed by atoms with Crippen molar-refractivity contribution >= 4 is 28.8 Å². The summed E-state index contributed by atoms with van der Waals surface area (Å²) in [6.45, 7) is 11.4. The van der Waals surface area contributed by atoms with Gasteiger partial charge in [0.2, 0.25) is 0 Å². The third-order valence-corrected chi connectivity index (χ3v) is 11.0. The smallest absolute Gasteiger partial charge is 1.00 e. The SMILES string of the molecule is CN1CCN(CCOS(C)(=O)=O)CC1.CN1CCN(CCOc2ccc(CCNC(=O)OCc3ccccc3)cc2F)CC1.O=C(NCCc1ccc(O)c(F)c1)OCc1ccccc1.O=CO[O-].[Cs+].[Cs+].[H-]. The molecule has 2 amide bonds. The van der Waals surface area contributed by atoms with Crippen LogP contribution in [0.1, 0.15) is 23.7 Å². The van der Waals surface area contributed by atoms with E-state index < -0.39 is 28.1 Å². The molecule has 0 saturated carbocycles. The molecule has 0 atom stereocenters. The van der Waals surface area contributed by atoms with E-state index in [2.05, 4.69) is 53.4 Å². The van der Waals surface area contributed by atoms with Crippen molar-refractivity contribution in [2.75, 3.05) is 112 Å². The second-order valence-electron chi connectivity index (χ2n) is 15.9. The number of amides is 2. The Morgan fingerprint density at radius 3 is 1.51 bits per heavy atom. The number of hydrogen-bond donors (Lipinski definition) is 3. The molecule has 2 aliphatic heterocycles. The summed E-state index contributed by atoms with van der Waals surface area (Å²) < 4.78 is 69.3. The number of carbonyl (C=O) groups excluding carboxylic acids is 3. The molecule has 3 N–H and O–H groups in total. The largest absolute Gasteiger partial charge is 1.00 e. The number of rotatable bonds is 19. The van der Waals surface area contributed by atoms with E-state index in [1.165, 1.54) is 18.2 Å². The minimum atomic E-state index is -3.27. The van der Waals surface area contributed by atoms with Crippen molar-refractivity contribution in [2.24, 2.45) is 0 Å². The standard InChI is InChI=1S/C23H30FN3O3.C16H16FNO3.C8H18N2O3S.CH2O3.2Cs.H/c1-26-11-13-27(14-12-26)15-16-29-22-8-7-19(17-21(22)24)9-10-25-23(28)30-18-20-5-3-2-4-6-20;17-14-10-12(6-7-15(14)19)8-9-18-16(20)21-11-13-4-2-1-3-5-13;1-9-3-5-10(6-4-9)7-8-13-14(2,11)12;2-1-4-3;;;/h2-8,17H,9-16,18H2,1H3,(H,25,28);1-7,10,19H,8-9,11H2,(H,18,20);3-8H2,1-2H3;1,3H;;;/q;;;;2*+1;-1/p-1. The minimum Gasteiger partial charge on any atom is -1.00 e. The van der Waals surface area contributed by atoms with Crippen LogP contribution in [0.2, 0.25) is 0 Å². The zero-order chi connectivity index (χ0) is 50.3. The van der Waals surface area contributed by atoms with E-state index in [1.807, 2.05) is 66.7 Å². The number of nitrogens with zero attached hydrogens (tertiary/aromatic N) is 4. The maximum Gasteiger partial charge on any atom is 1.00 e. The summed E-state index contributed by atoms with van der Waals surface area (Å²) in [7, 11) is 0.934. The number of hydrogen-bond acceptors (Lipinski definition) is 16. The average molecular weight is 1250 g/mol. The van der Waals surface area contributed by atoms with Crippen molar-refractivity contribution < 1.29 is 204 Å². The number of piperazine rings is 2. The predicted molar refractivity (Wildman–Crippen MR) is 254 cm³/mol. The Morgan fingerprint density at radius 1 is 0.676 bits per heavy atom. The molecular formula is C48H66Cs2F2N6O12S. The Bertz CT molecular complexity index is 2210. The first kappa shape index (κ1) is 67.2. The topological polar surface area (TPSA) is 212 Å². The van der Waals surface area contributed by atoms with E-state index in [9.17, 15) is 26.8 Å². The van der Waals surface area contributed by atoms with Gasteiger partial charge in [0.25, 0.3) is 16.6 Å². The van der Waals surface area contributed by atoms with E-state index in [0.717, 1.165) is 81.8 Å². The van der Waals surface area contributed by atoms with Gasteiger partial charge in [0.05, 0.1) is 12.9 Å². The summed E-state index contributed by atoms with van der Waals surface area (Å²) in [5, 5.41) is 22.8. The first-order valence-electron chi connectivity index (χ1n) is 22.3. The minimum absolute atomic E-state index is 0. The summed E-state index contributed by atoms with van der Waals surface area (Å²) in [5.41, 5.74) is 3.32. The maximum atomic E-state index is 14.3. The van der Waals surface area contributed by atoms with Crippen molar-refractivity contribution in [1.82, 2.24) is 30.2 Å². The number of nitrogens with one attached hydrogen (secondary N) is 2. The Kier molecular flexibility index (Phi) is 37.4. The second-order valence-corrected chi connectivity index (χ2v) is 17.5. The van der Waals surface area contributed by atoms with E-state index in [4.69, 9.17) is 29.4 Å². The van der Waals surface area contributed by atoms with E-state index >= 15 is 0 Å². The third-order valence-electron chi connectivity index (χ3n) is 10.4. The van der Waals surface area contributed by atoms with Gasteiger partial charge in [-0.3, -0.25) is 18.8 Å². The van der Waals surface area contributed by atoms with E-state index in [1.54, 1.807) is 12.1 Å². The van der Waals surface area contributed by atoms with Crippen LogP contribution in [0.15, 0.2) is 97.1 Å². The normalized spacial score (nSPS) is 13.8. The molecule has 6 rings (SSSR count). The monoisotopic (exact) mass is 1250 g/mol. The molecule has 4 aromatic carbocycles. The second kappa shape index (κ2) is 39.6. The number of phenolic OH excluding ortho intramolecular Hbond substituents is 1. The van der Waals surface area contributed by atoms with Crippen LogP contribution in [0.4, 0.5) is 18.4 Å². The number of aromatic hydroxyl groups is 1. The number of carbonyl (C=O) groups is 3. The summed E-state index contributed by atoms with van der Waals surface area (Å²) in [6.07, 6.45) is 1.05. The van der Waals surface area contributed by atoms with Crippen LogP contribution in [0.5, 0.6) is 11.5 Å². The Balaban J connectivity index is 0.00000105. The number of ether oxygens (including phenoxy) is 3. The van der Waals surface area contributed by atoms with Gasteiger partial charge in [-0.1, -0.05) is 72.8 Å². The van der Waals surface area contributed by atoms with Gasteiger partial charge in [0.1, 0.15) is 19.8 Å². The van der Waals surface area contributed by atoms with E-state index in [-0.39, 0.29) is 183 Å². The fraction of sp³-hybridized carbons (Fsp3) is 0.438. The number of alkyl carbamates (subject to hydrolysis) is 2. The van der Waals surface area contributed by atoms with Crippen LogP contribution in [0, 0.1) is 11.6 Å². The molecule has 18 nitrogen and oxygen atoms in total. The van der Waals surface area contributed by atoms with Gasteiger partial charge in [-0.15, -0.1) is 0 Å². The van der Waals surface area contributed by atoms with Gasteiger partial charge in [-0.2, -0.15) is 8.42 Å². The van der Waals surface area contributed by atoms with Gasteiger partial charge in [0.15, 0.2) is 23.1 Å². The van der Waals surface area contributed by atoms with Gasteiger partial charge in [-0.05, 0) is 73.5 Å². The Hall–Kier alpha value is -1.84. The third kappa shape index (κ3) is 32.3. The molecule has 0 aromatic heterocycles. The zero-order valence-electron chi connectivity index (χ0n) is 42.4. The molecule has 2 fully saturated rings. The Labute approximate surface area is 535 Å². The van der Waals surface area contributed by atoms with Gasteiger partial charge in [0, 0.05) is 78.5 Å². The van der Waals surface area contributed by atoms with Crippen LogP contribution in [0.25, 0.3) is 0 Å². The summed E-state index contributed by atoms with van der Waals surface area (Å²) in [4.78, 5) is 43.6. The van der Waals surface area contributed by atoms with Crippen LogP contribution in [0.3, 0.4) is 0 Å². The fourth-order valence-corrected chi connectivity index (χ4v) is 6.81. The molecule has 0 radical (unpaired) electrons. The predicted octanol–water partition coefficient (Wildman–Crippen LogP) is -2.31. The fourth-order valence-electron chi connectivity index (χ4n) is 6.43. The molecule has 382 valence electrons. The number of halogens is 2. The molecule has 0 unspecified atom stereocenters. The maximum absolute atomic E-state index is 14.3. The van der Waals surface area contributed by atoms with Crippen molar-refractivity contribution in [3.63, 3.8) is 0 Å².